The maximum absolute atomic E-state index is 5.53. The number of benzene rings is 1. The molecule has 0 saturated carbocycles. The molecular weight excluding hydrogens is 238 g/mol. The van der Waals surface area contributed by atoms with Crippen molar-refractivity contribution in [3.8, 4) is 11.5 Å². The Morgan fingerprint density at radius 2 is 2.11 bits per heavy atom. The fourth-order valence-electron chi connectivity index (χ4n) is 2.91. The zero-order valence-electron chi connectivity index (χ0n) is 12.3. The van der Waals surface area contributed by atoms with Crippen molar-refractivity contribution in [2.24, 2.45) is 0 Å². The molecule has 2 rings (SSSR count). The van der Waals surface area contributed by atoms with Crippen LogP contribution in [0.3, 0.4) is 0 Å². The third-order valence-electron chi connectivity index (χ3n) is 3.96. The highest BCUT2D eigenvalue weighted by Crippen LogP contribution is 2.38. The van der Waals surface area contributed by atoms with E-state index < -0.39 is 0 Å². The Morgan fingerprint density at radius 3 is 2.79 bits per heavy atom. The highest BCUT2D eigenvalue weighted by Gasteiger charge is 2.28. The van der Waals surface area contributed by atoms with Gasteiger partial charge in [-0.15, -0.1) is 0 Å². The molecule has 0 spiro atoms. The molecule has 0 N–H and O–H groups in total. The number of ether oxygens (including phenoxy) is 2. The number of hydrogen-bond donors (Lipinski definition) is 0. The molecule has 19 heavy (non-hydrogen) atoms. The third-order valence-corrected chi connectivity index (χ3v) is 3.96. The summed E-state index contributed by atoms with van der Waals surface area (Å²) in [5, 5.41) is 0. The van der Waals surface area contributed by atoms with Gasteiger partial charge in [0.2, 0.25) is 0 Å². The lowest BCUT2D eigenvalue weighted by Gasteiger charge is -2.26. The van der Waals surface area contributed by atoms with Gasteiger partial charge in [-0.1, -0.05) is 13.3 Å². The molecule has 1 saturated heterocycles. The lowest BCUT2D eigenvalue weighted by Crippen LogP contribution is -2.24. The Balaban J connectivity index is 2.23. The number of unbranched alkanes of at least 4 members (excludes halogenated alkanes) is 1. The molecule has 3 nitrogen and oxygen atoms in total. The van der Waals surface area contributed by atoms with Crippen LogP contribution in [0, 0.1) is 0 Å². The molecule has 0 aromatic heterocycles. The Labute approximate surface area is 116 Å². The van der Waals surface area contributed by atoms with Crippen molar-refractivity contribution >= 4 is 0 Å². The maximum atomic E-state index is 5.53. The summed E-state index contributed by atoms with van der Waals surface area (Å²) < 4.78 is 10.9. The topological polar surface area (TPSA) is 21.7 Å². The molecule has 0 radical (unpaired) electrons. The molecule has 0 bridgehead atoms. The number of hydrogen-bond acceptors (Lipinski definition) is 3. The highest BCUT2D eigenvalue weighted by molar-refractivity contribution is 5.42. The quantitative estimate of drug-likeness (QED) is 0.782. The molecule has 1 fully saturated rings. The second kappa shape index (κ2) is 6.80. The Morgan fingerprint density at radius 1 is 1.26 bits per heavy atom. The molecule has 3 heteroatoms. The molecule has 1 aliphatic heterocycles. The summed E-state index contributed by atoms with van der Waals surface area (Å²) in [6.45, 7) is 4.63. The maximum Gasteiger partial charge on any atom is 0.123 e. The molecule has 0 aliphatic carbocycles. The van der Waals surface area contributed by atoms with Gasteiger partial charge in [0.05, 0.1) is 14.2 Å². The van der Waals surface area contributed by atoms with E-state index in [1.807, 2.05) is 12.1 Å². The van der Waals surface area contributed by atoms with Gasteiger partial charge in [-0.05, 0) is 50.6 Å². The van der Waals surface area contributed by atoms with Crippen LogP contribution < -0.4 is 9.47 Å². The van der Waals surface area contributed by atoms with E-state index >= 15 is 0 Å². The van der Waals surface area contributed by atoms with Gasteiger partial charge in [0.1, 0.15) is 11.5 Å². The highest BCUT2D eigenvalue weighted by atomic mass is 16.5. The van der Waals surface area contributed by atoms with E-state index in [-0.39, 0.29) is 0 Å². The summed E-state index contributed by atoms with van der Waals surface area (Å²) in [6, 6.07) is 6.60. The summed E-state index contributed by atoms with van der Waals surface area (Å²) in [5.74, 6) is 1.90. The number of nitrogens with zero attached hydrogens (tertiary/aromatic N) is 1. The van der Waals surface area contributed by atoms with E-state index in [2.05, 4.69) is 17.9 Å². The van der Waals surface area contributed by atoms with E-state index in [4.69, 9.17) is 9.47 Å². The zero-order valence-corrected chi connectivity index (χ0v) is 12.3. The van der Waals surface area contributed by atoms with E-state index in [0.29, 0.717) is 6.04 Å². The van der Waals surface area contributed by atoms with Gasteiger partial charge in [0.25, 0.3) is 0 Å². The van der Waals surface area contributed by atoms with Gasteiger partial charge in [-0.25, -0.2) is 0 Å². The van der Waals surface area contributed by atoms with Crippen molar-refractivity contribution in [2.45, 2.75) is 38.6 Å². The number of methoxy groups -OCH3 is 2. The van der Waals surface area contributed by atoms with Crippen LogP contribution in [0.5, 0.6) is 11.5 Å². The van der Waals surface area contributed by atoms with Crippen LogP contribution in [-0.4, -0.2) is 32.2 Å². The first-order chi connectivity index (χ1) is 9.30. The lowest BCUT2D eigenvalue weighted by molar-refractivity contribution is 0.247. The first kappa shape index (κ1) is 14.2. The minimum atomic E-state index is 0.483. The first-order valence-corrected chi connectivity index (χ1v) is 7.26. The summed E-state index contributed by atoms with van der Waals surface area (Å²) in [4.78, 5) is 2.58. The Hall–Kier alpha value is -1.22. The van der Waals surface area contributed by atoms with E-state index in [9.17, 15) is 0 Å². The molecule has 1 atom stereocenters. The zero-order chi connectivity index (χ0) is 13.7. The van der Waals surface area contributed by atoms with Crippen molar-refractivity contribution < 1.29 is 9.47 Å². The summed E-state index contributed by atoms with van der Waals surface area (Å²) in [5.41, 5.74) is 1.27. The van der Waals surface area contributed by atoms with E-state index in [1.165, 1.54) is 44.3 Å². The van der Waals surface area contributed by atoms with Gasteiger partial charge >= 0.3 is 0 Å². The molecule has 1 heterocycles. The van der Waals surface area contributed by atoms with Crippen LogP contribution in [0.2, 0.25) is 0 Å². The van der Waals surface area contributed by atoms with Crippen molar-refractivity contribution in [2.75, 3.05) is 27.3 Å². The Kier molecular flexibility index (Phi) is 5.08. The van der Waals surface area contributed by atoms with E-state index in [0.717, 1.165) is 11.5 Å². The van der Waals surface area contributed by atoms with Crippen LogP contribution in [0.1, 0.15) is 44.2 Å². The van der Waals surface area contributed by atoms with Gasteiger partial charge in [0, 0.05) is 11.6 Å². The van der Waals surface area contributed by atoms with Gasteiger partial charge < -0.3 is 9.47 Å². The van der Waals surface area contributed by atoms with Crippen LogP contribution in [0.15, 0.2) is 18.2 Å². The molecule has 1 aromatic carbocycles. The minimum absolute atomic E-state index is 0.483. The predicted molar refractivity (Wildman–Crippen MR) is 78.0 cm³/mol. The van der Waals surface area contributed by atoms with Crippen LogP contribution in [-0.2, 0) is 0 Å². The van der Waals surface area contributed by atoms with Crippen LogP contribution in [0.25, 0.3) is 0 Å². The average Bonchev–Trinajstić information content (AvgIpc) is 2.92. The summed E-state index contributed by atoms with van der Waals surface area (Å²) in [7, 11) is 3.46. The van der Waals surface area contributed by atoms with Gasteiger partial charge in [0.15, 0.2) is 0 Å². The molecule has 1 aromatic rings. The molecular formula is C16H25NO2. The van der Waals surface area contributed by atoms with Crippen LogP contribution in [0.4, 0.5) is 0 Å². The van der Waals surface area contributed by atoms with Gasteiger partial charge in [-0.3, -0.25) is 4.90 Å². The average molecular weight is 263 g/mol. The predicted octanol–water partition coefficient (Wildman–Crippen LogP) is 3.64. The largest absolute Gasteiger partial charge is 0.497 e. The fourth-order valence-corrected chi connectivity index (χ4v) is 2.91. The van der Waals surface area contributed by atoms with Crippen molar-refractivity contribution in [3.63, 3.8) is 0 Å². The molecule has 106 valence electrons. The monoisotopic (exact) mass is 263 g/mol. The standard InChI is InChI=1S/C16H25NO2/c1-4-5-10-17-11-6-7-15(17)14-12-13(18-2)8-9-16(14)19-3/h8-9,12,15H,4-7,10-11H2,1-3H3/t15-/m1/s1. The molecule has 0 amide bonds. The van der Waals surface area contributed by atoms with Crippen molar-refractivity contribution in [1.29, 1.82) is 0 Å². The smallest absolute Gasteiger partial charge is 0.123 e. The van der Waals surface area contributed by atoms with Gasteiger partial charge in [-0.2, -0.15) is 0 Å². The van der Waals surface area contributed by atoms with Crippen molar-refractivity contribution in [3.05, 3.63) is 23.8 Å². The second-order valence-corrected chi connectivity index (χ2v) is 5.16. The third kappa shape index (κ3) is 3.21. The van der Waals surface area contributed by atoms with Crippen LogP contribution >= 0.6 is 0 Å². The Bertz CT molecular complexity index is 406. The van der Waals surface area contributed by atoms with E-state index in [1.54, 1.807) is 14.2 Å². The number of likely N-dealkylation sites (tertiary alicyclic amines) is 1. The number of rotatable bonds is 6. The summed E-state index contributed by atoms with van der Waals surface area (Å²) in [6.07, 6.45) is 5.00. The minimum Gasteiger partial charge on any atom is -0.497 e. The second-order valence-electron chi connectivity index (χ2n) is 5.16. The fraction of sp³-hybridized carbons (Fsp3) is 0.625. The lowest BCUT2D eigenvalue weighted by atomic mass is 10.0. The first-order valence-electron chi connectivity index (χ1n) is 7.26. The van der Waals surface area contributed by atoms with Crippen molar-refractivity contribution in [1.82, 2.24) is 4.90 Å². The SMILES string of the molecule is CCCCN1CCC[C@@H]1c1cc(OC)ccc1OC. The summed E-state index contributed by atoms with van der Waals surface area (Å²) >= 11 is 0. The normalized spacial score (nSPS) is 19.6. The molecule has 1 aliphatic rings. The molecule has 0 unspecified atom stereocenters.